The normalized spacial score (nSPS) is 13.4. The maximum atomic E-state index is 4.68. The third-order valence-electron chi connectivity index (χ3n) is 2.74. The topological polar surface area (TPSA) is 38.7 Å². The Kier molecular flexibility index (Phi) is 2.66. The smallest absolute Gasteiger partial charge is 0.0985 e. The second-order valence-corrected chi connectivity index (χ2v) is 5.15. The zero-order valence-corrected chi connectivity index (χ0v) is 11.5. The number of rotatable bonds is 1. The average molecular weight is 335 g/mol. The second kappa shape index (κ2) is 4.18. The number of aryl methyl sites for hydroxylation is 1. The van der Waals surface area contributed by atoms with Gasteiger partial charge in [-0.1, -0.05) is 6.08 Å². The number of allylic oxidation sites excluding steroid dienone is 1. The molecule has 0 aromatic carbocycles. The molecule has 0 radical (unpaired) electrons. The Labute approximate surface area is 113 Å². The van der Waals surface area contributed by atoms with Gasteiger partial charge in [-0.25, -0.2) is 4.98 Å². The van der Waals surface area contributed by atoms with Gasteiger partial charge in [-0.2, -0.15) is 0 Å². The van der Waals surface area contributed by atoms with E-state index in [-0.39, 0.29) is 0 Å². The molecule has 2 aromatic rings. The van der Waals surface area contributed by atoms with Gasteiger partial charge in [0.25, 0.3) is 0 Å². The molecule has 2 heterocycles. The summed E-state index contributed by atoms with van der Waals surface area (Å²) in [5.74, 6) is 0. The molecule has 0 unspecified atom stereocenters. The van der Waals surface area contributed by atoms with Crippen molar-refractivity contribution < 1.29 is 0 Å². The molecule has 3 nitrogen and oxygen atoms in total. The van der Waals surface area contributed by atoms with E-state index in [9.17, 15) is 0 Å². The maximum Gasteiger partial charge on any atom is 0.0985 e. The first-order valence-corrected chi connectivity index (χ1v) is 6.47. The van der Waals surface area contributed by atoms with Crippen LogP contribution in [0.2, 0.25) is 0 Å². The third-order valence-corrected chi connectivity index (χ3v) is 3.69. The van der Waals surface area contributed by atoms with Crippen molar-refractivity contribution in [2.75, 3.05) is 0 Å². The second-order valence-electron chi connectivity index (χ2n) is 3.99. The largest absolute Gasteiger partial charge is 0.262 e. The molecular formula is C13H10IN3. The third kappa shape index (κ3) is 1.97. The Bertz CT molecular complexity index is 620. The standard InChI is InChI=1S/C13H10IN3/c1-8-6-9(4-5-15-8)12-7-16-11-3-2-10(14)13(11)17-12/h2,4-7H,3H2,1H3. The van der Waals surface area contributed by atoms with E-state index in [0.717, 1.165) is 34.8 Å². The van der Waals surface area contributed by atoms with E-state index in [0.29, 0.717) is 0 Å². The lowest BCUT2D eigenvalue weighted by Crippen LogP contribution is -1.95. The molecule has 0 spiro atoms. The van der Waals surface area contributed by atoms with Crippen LogP contribution in [0.3, 0.4) is 0 Å². The molecular weight excluding hydrogens is 325 g/mol. The Hall–Kier alpha value is -1.30. The molecule has 1 aliphatic rings. The van der Waals surface area contributed by atoms with Crippen molar-refractivity contribution in [1.82, 2.24) is 15.0 Å². The van der Waals surface area contributed by atoms with Crippen LogP contribution in [0.1, 0.15) is 17.1 Å². The molecule has 0 amide bonds. The fourth-order valence-corrected chi connectivity index (χ4v) is 2.53. The van der Waals surface area contributed by atoms with Crippen molar-refractivity contribution >= 4 is 26.2 Å². The minimum absolute atomic E-state index is 0.899. The van der Waals surface area contributed by atoms with Crippen LogP contribution < -0.4 is 0 Å². The van der Waals surface area contributed by atoms with E-state index >= 15 is 0 Å². The van der Waals surface area contributed by atoms with Crippen LogP contribution in [0, 0.1) is 6.92 Å². The zero-order valence-electron chi connectivity index (χ0n) is 9.31. The summed E-state index contributed by atoms with van der Waals surface area (Å²) < 4.78 is 1.19. The molecule has 4 heteroatoms. The van der Waals surface area contributed by atoms with E-state index in [1.165, 1.54) is 3.58 Å². The highest BCUT2D eigenvalue weighted by atomic mass is 127. The Morgan fingerprint density at radius 3 is 3.00 bits per heavy atom. The lowest BCUT2D eigenvalue weighted by Gasteiger charge is -2.04. The quantitative estimate of drug-likeness (QED) is 0.752. The number of nitrogens with zero attached hydrogens (tertiary/aromatic N) is 3. The number of hydrogen-bond acceptors (Lipinski definition) is 3. The van der Waals surface area contributed by atoms with Gasteiger partial charge in [-0.3, -0.25) is 9.97 Å². The fourth-order valence-electron chi connectivity index (χ4n) is 1.88. The highest BCUT2D eigenvalue weighted by molar-refractivity contribution is 14.1. The molecule has 0 bridgehead atoms. The first-order valence-electron chi connectivity index (χ1n) is 5.39. The molecule has 0 saturated carbocycles. The van der Waals surface area contributed by atoms with E-state index in [4.69, 9.17) is 0 Å². The number of aromatic nitrogens is 3. The van der Waals surface area contributed by atoms with Crippen molar-refractivity contribution in [3.8, 4) is 11.3 Å². The SMILES string of the molecule is Cc1cc(-c2cnc3c(n2)C(I)=CC3)ccn1. The number of hydrogen-bond donors (Lipinski definition) is 0. The maximum absolute atomic E-state index is 4.68. The van der Waals surface area contributed by atoms with Gasteiger partial charge in [0, 0.05) is 27.5 Å². The molecule has 2 aromatic heterocycles. The molecule has 0 atom stereocenters. The summed E-state index contributed by atoms with van der Waals surface area (Å²) in [5, 5.41) is 0. The lowest BCUT2D eigenvalue weighted by atomic mass is 10.1. The molecule has 1 aliphatic carbocycles. The number of halogens is 1. The highest BCUT2D eigenvalue weighted by Crippen LogP contribution is 2.31. The molecule has 0 aliphatic heterocycles. The van der Waals surface area contributed by atoms with Crippen molar-refractivity contribution in [2.24, 2.45) is 0 Å². The molecule has 3 rings (SSSR count). The highest BCUT2D eigenvalue weighted by Gasteiger charge is 2.15. The minimum atomic E-state index is 0.899. The Balaban J connectivity index is 2.11. The van der Waals surface area contributed by atoms with Crippen molar-refractivity contribution in [3.63, 3.8) is 0 Å². The first kappa shape index (κ1) is 10.8. The van der Waals surface area contributed by atoms with Crippen molar-refractivity contribution in [3.05, 3.63) is 47.7 Å². The molecule has 0 N–H and O–H groups in total. The van der Waals surface area contributed by atoms with Crippen LogP contribution in [-0.4, -0.2) is 15.0 Å². The Morgan fingerprint density at radius 1 is 1.29 bits per heavy atom. The minimum Gasteiger partial charge on any atom is -0.262 e. The van der Waals surface area contributed by atoms with Crippen LogP contribution in [0.5, 0.6) is 0 Å². The Morgan fingerprint density at radius 2 is 2.18 bits per heavy atom. The summed E-state index contributed by atoms with van der Waals surface area (Å²) in [6.45, 7) is 1.98. The van der Waals surface area contributed by atoms with Gasteiger partial charge in [0.15, 0.2) is 0 Å². The van der Waals surface area contributed by atoms with Crippen LogP contribution >= 0.6 is 22.6 Å². The van der Waals surface area contributed by atoms with Crippen molar-refractivity contribution in [1.29, 1.82) is 0 Å². The van der Waals surface area contributed by atoms with Gasteiger partial charge >= 0.3 is 0 Å². The predicted molar refractivity (Wildman–Crippen MR) is 75.7 cm³/mol. The summed E-state index contributed by atoms with van der Waals surface area (Å²) in [5.41, 5.74) is 5.08. The van der Waals surface area contributed by atoms with Gasteiger partial charge in [-0.15, -0.1) is 0 Å². The van der Waals surface area contributed by atoms with Crippen LogP contribution in [-0.2, 0) is 6.42 Å². The van der Waals surface area contributed by atoms with Gasteiger partial charge in [-0.05, 0) is 41.6 Å². The molecule has 0 fully saturated rings. The summed E-state index contributed by atoms with van der Waals surface area (Å²) in [4.78, 5) is 13.3. The first-order chi connectivity index (χ1) is 8.24. The van der Waals surface area contributed by atoms with Gasteiger partial charge in [0.05, 0.1) is 23.3 Å². The monoisotopic (exact) mass is 335 g/mol. The summed E-state index contributed by atoms with van der Waals surface area (Å²) in [7, 11) is 0. The zero-order chi connectivity index (χ0) is 11.8. The van der Waals surface area contributed by atoms with Gasteiger partial charge in [0.2, 0.25) is 0 Å². The van der Waals surface area contributed by atoms with E-state index in [2.05, 4.69) is 43.6 Å². The fraction of sp³-hybridized carbons (Fsp3) is 0.154. The predicted octanol–water partition coefficient (Wildman–Crippen LogP) is 3.18. The average Bonchev–Trinajstić information content (AvgIpc) is 2.71. The summed E-state index contributed by atoms with van der Waals surface area (Å²) >= 11 is 2.31. The molecule has 0 saturated heterocycles. The lowest BCUT2D eigenvalue weighted by molar-refractivity contribution is 1.07. The molecule has 84 valence electrons. The summed E-state index contributed by atoms with van der Waals surface area (Å²) in [6.07, 6.45) is 6.71. The summed E-state index contributed by atoms with van der Waals surface area (Å²) in [6, 6.07) is 4.00. The van der Waals surface area contributed by atoms with Crippen molar-refractivity contribution in [2.45, 2.75) is 13.3 Å². The van der Waals surface area contributed by atoms with Crippen LogP contribution in [0.25, 0.3) is 14.8 Å². The number of fused-ring (bicyclic) bond motifs is 1. The van der Waals surface area contributed by atoms with Crippen LogP contribution in [0.15, 0.2) is 30.6 Å². The van der Waals surface area contributed by atoms with E-state index < -0.39 is 0 Å². The number of pyridine rings is 1. The van der Waals surface area contributed by atoms with Gasteiger partial charge in [0.1, 0.15) is 0 Å². The van der Waals surface area contributed by atoms with Gasteiger partial charge < -0.3 is 0 Å². The van der Waals surface area contributed by atoms with Crippen LogP contribution in [0.4, 0.5) is 0 Å². The molecule has 17 heavy (non-hydrogen) atoms. The van der Waals surface area contributed by atoms with E-state index in [1.54, 1.807) is 6.20 Å². The van der Waals surface area contributed by atoms with E-state index in [1.807, 2.05) is 25.3 Å².